The zero-order chi connectivity index (χ0) is 11.4. The number of hydrogen-bond donors (Lipinski definition) is 2. The molecule has 0 spiro atoms. The van der Waals surface area contributed by atoms with E-state index >= 15 is 0 Å². The molecule has 0 amide bonds. The molecule has 0 saturated carbocycles. The first kappa shape index (κ1) is 13.3. The second kappa shape index (κ2) is 5.23. The van der Waals surface area contributed by atoms with Gasteiger partial charge in [0.05, 0.1) is 0 Å². The number of rotatable bonds is 3. The van der Waals surface area contributed by atoms with Crippen molar-refractivity contribution in [2.45, 2.75) is 47.6 Å². The zero-order valence-electron chi connectivity index (χ0n) is 10.4. The van der Waals surface area contributed by atoms with Crippen LogP contribution in [-0.4, -0.2) is 18.5 Å². The van der Waals surface area contributed by atoms with E-state index in [2.05, 4.69) is 51.9 Å². The van der Waals surface area contributed by atoms with Gasteiger partial charge in [-0.2, -0.15) is 0 Å². The third-order valence-electron chi connectivity index (χ3n) is 2.29. The Morgan fingerprint density at radius 2 is 1.79 bits per heavy atom. The Kier molecular flexibility index (Phi) is 4.95. The lowest BCUT2D eigenvalue weighted by molar-refractivity contribution is 0.315. The Labute approximate surface area is 88.2 Å². The SMILES string of the molecule is CC(C)CN=C(N)NC(C)C(C)(C)C. The van der Waals surface area contributed by atoms with Gasteiger partial charge in [0.15, 0.2) is 5.96 Å². The highest BCUT2D eigenvalue weighted by molar-refractivity contribution is 5.78. The van der Waals surface area contributed by atoms with Gasteiger partial charge in [-0.05, 0) is 18.3 Å². The van der Waals surface area contributed by atoms with E-state index in [0.717, 1.165) is 6.54 Å². The van der Waals surface area contributed by atoms with Crippen LogP contribution in [0.25, 0.3) is 0 Å². The lowest BCUT2D eigenvalue weighted by Gasteiger charge is -2.28. The van der Waals surface area contributed by atoms with Gasteiger partial charge >= 0.3 is 0 Å². The summed E-state index contributed by atoms with van der Waals surface area (Å²) in [6, 6.07) is 0.332. The summed E-state index contributed by atoms with van der Waals surface area (Å²) >= 11 is 0. The molecule has 3 heteroatoms. The molecular weight excluding hydrogens is 174 g/mol. The van der Waals surface area contributed by atoms with Gasteiger partial charge in [0, 0.05) is 12.6 Å². The van der Waals surface area contributed by atoms with Crippen molar-refractivity contribution in [1.82, 2.24) is 5.32 Å². The zero-order valence-corrected chi connectivity index (χ0v) is 10.4. The maximum atomic E-state index is 5.76. The van der Waals surface area contributed by atoms with Crippen LogP contribution in [0, 0.1) is 11.3 Å². The van der Waals surface area contributed by atoms with Crippen LogP contribution in [0.4, 0.5) is 0 Å². The maximum Gasteiger partial charge on any atom is 0.188 e. The van der Waals surface area contributed by atoms with Crippen LogP contribution in [0.5, 0.6) is 0 Å². The molecule has 0 radical (unpaired) electrons. The molecule has 0 bridgehead atoms. The summed E-state index contributed by atoms with van der Waals surface area (Å²) in [6.07, 6.45) is 0. The third kappa shape index (κ3) is 5.84. The predicted octanol–water partition coefficient (Wildman–Crippen LogP) is 1.98. The van der Waals surface area contributed by atoms with Crippen molar-refractivity contribution < 1.29 is 0 Å². The van der Waals surface area contributed by atoms with Gasteiger partial charge in [0.25, 0.3) is 0 Å². The van der Waals surface area contributed by atoms with Crippen molar-refractivity contribution in [2.75, 3.05) is 6.54 Å². The molecule has 0 heterocycles. The molecule has 0 aromatic rings. The van der Waals surface area contributed by atoms with Crippen LogP contribution in [0.15, 0.2) is 4.99 Å². The van der Waals surface area contributed by atoms with Gasteiger partial charge in [0.2, 0.25) is 0 Å². The Balaban J connectivity index is 4.05. The van der Waals surface area contributed by atoms with Gasteiger partial charge in [-0.15, -0.1) is 0 Å². The van der Waals surface area contributed by atoms with Crippen molar-refractivity contribution in [2.24, 2.45) is 22.1 Å². The summed E-state index contributed by atoms with van der Waals surface area (Å²) in [5, 5.41) is 3.20. The second-order valence-electron chi connectivity index (χ2n) is 5.35. The highest BCUT2D eigenvalue weighted by Gasteiger charge is 2.19. The third-order valence-corrected chi connectivity index (χ3v) is 2.29. The second-order valence-corrected chi connectivity index (χ2v) is 5.35. The fraction of sp³-hybridized carbons (Fsp3) is 0.909. The van der Waals surface area contributed by atoms with Crippen LogP contribution < -0.4 is 11.1 Å². The van der Waals surface area contributed by atoms with Crippen molar-refractivity contribution in [3.63, 3.8) is 0 Å². The van der Waals surface area contributed by atoms with Gasteiger partial charge in [0.1, 0.15) is 0 Å². The van der Waals surface area contributed by atoms with E-state index in [1.54, 1.807) is 0 Å². The lowest BCUT2D eigenvalue weighted by Crippen LogP contribution is -2.45. The fourth-order valence-corrected chi connectivity index (χ4v) is 0.765. The minimum atomic E-state index is 0.206. The summed E-state index contributed by atoms with van der Waals surface area (Å²) < 4.78 is 0. The number of nitrogens with one attached hydrogen (secondary N) is 1. The van der Waals surface area contributed by atoms with Crippen molar-refractivity contribution in [1.29, 1.82) is 0 Å². The van der Waals surface area contributed by atoms with E-state index in [1.165, 1.54) is 0 Å². The Morgan fingerprint density at radius 1 is 1.29 bits per heavy atom. The fourth-order valence-electron chi connectivity index (χ4n) is 0.765. The number of nitrogens with zero attached hydrogens (tertiary/aromatic N) is 1. The van der Waals surface area contributed by atoms with E-state index in [9.17, 15) is 0 Å². The summed E-state index contributed by atoms with van der Waals surface area (Å²) in [7, 11) is 0. The van der Waals surface area contributed by atoms with Gasteiger partial charge in [-0.1, -0.05) is 34.6 Å². The smallest absolute Gasteiger partial charge is 0.188 e. The van der Waals surface area contributed by atoms with E-state index < -0.39 is 0 Å². The van der Waals surface area contributed by atoms with E-state index in [4.69, 9.17) is 5.73 Å². The van der Waals surface area contributed by atoms with Crippen molar-refractivity contribution in [3.05, 3.63) is 0 Å². The molecule has 84 valence electrons. The molecule has 14 heavy (non-hydrogen) atoms. The van der Waals surface area contributed by atoms with E-state index in [0.29, 0.717) is 17.9 Å². The monoisotopic (exact) mass is 199 g/mol. The topological polar surface area (TPSA) is 50.4 Å². The number of hydrogen-bond acceptors (Lipinski definition) is 1. The lowest BCUT2D eigenvalue weighted by atomic mass is 9.88. The summed E-state index contributed by atoms with van der Waals surface area (Å²) in [5.41, 5.74) is 5.96. The Bertz CT molecular complexity index is 189. The molecule has 0 aliphatic carbocycles. The molecule has 0 fully saturated rings. The molecule has 0 aliphatic rings. The molecule has 3 nitrogen and oxygen atoms in total. The molecule has 0 aromatic carbocycles. The van der Waals surface area contributed by atoms with Crippen molar-refractivity contribution >= 4 is 5.96 Å². The van der Waals surface area contributed by atoms with E-state index in [-0.39, 0.29) is 5.41 Å². The highest BCUT2D eigenvalue weighted by Crippen LogP contribution is 2.17. The molecule has 0 saturated heterocycles. The minimum Gasteiger partial charge on any atom is -0.370 e. The summed E-state index contributed by atoms with van der Waals surface area (Å²) in [4.78, 5) is 4.26. The molecule has 0 rings (SSSR count). The van der Waals surface area contributed by atoms with Crippen LogP contribution in [-0.2, 0) is 0 Å². The molecule has 3 N–H and O–H groups in total. The largest absolute Gasteiger partial charge is 0.370 e. The van der Waals surface area contributed by atoms with Gasteiger partial charge < -0.3 is 11.1 Å². The quantitative estimate of drug-likeness (QED) is 0.539. The summed E-state index contributed by atoms with van der Waals surface area (Å²) in [5.74, 6) is 1.11. The Morgan fingerprint density at radius 3 is 2.14 bits per heavy atom. The van der Waals surface area contributed by atoms with Crippen LogP contribution in [0.2, 0.25) is 0 Å². The van der Waals surface area contributed by atoms with Gasteiger partial charge in [-0.25, -0.2) is 0 Å². The molecular formula is C11H25N3. The number of guanidine groups is 1. The molecule has 0 aromatic heterocycles. The predicted molar refractivity (Wildman–Crippen MR) is 63.4 cm³/mol. The average molecular weight is 199 g/mol. The van der Waals surface area contributed by atoms with E-state index in [1.807, 2.05) is 0 Å². The minimum absolute atomic E-state index is 0.206. The first-order valence-electron chi connectivity index (χ1n) is 5.30. The van der Waals surface area contributed by atoms with Crippen molar-refractivity contribution in [3.8, 4) is 0 Å². The number of aliphatic imine (C=N–C) groups is 1. The van der Waals surface area contributed by atoms with Gasteiger partial charge in [-0.3, -0.25) is 4.99 Å². The van der Waals surface area contributed by atoms with Crippen LogP contribution in [0.1, 0.15) is 41.5 Å². The molecule has 1 unspecified atom stereocenters. The first-order chi connectivity index (χ1) is 6.23. The first-order valence-corrected chi connectivity index (χ1v) is 5.30. The molecule has 0 aliphatic heterocycles. The summed E-state index contributed by atoms with van der Waals surface area (Å²) in [6.45, 7) is 13.7. The standard InChI is InChI=1S/C11H25N3/c1-8(2)7-13-10(12)14-9(3)11(4,5)6/h8-9H,7H2,1-6H3,(H3,12,13,14). The van der Waals surface area contributed by atoms with Crippen LogP contribution in [0.3, 0.4) is 0 Å². The van der Waals surface area contributed by atoms with Crippen LogP contribution >= 0.6 is 0 Å². The highest BCUT2D eigenvalue weighted by atomic mass is 15.1. The number of nitrogens with two attached hydrogens (primary N) is 1. The Hall–Kier alpha value is -0.730. The molecule has 1 atom stereocenters. The maximum absolute atomic E-state index is 5.76. The average Bonchev–Trinajstić information content (AvgIpc) is 1.99. The normalized spacial score (nSPS) is 15.8.